The first kappa shape index (κ1) is 22.7. The van der Waals surface area contributed by atoms with Gasteiger partial charge in [-0.2, -0.15) is 0 Å². The van der Waals surface area contributed by atoms with Gasteiger partial charge in [-0.25, -0.2) is 4.79 Å². The molecule has 5 rings (SSSR count). The van der Waals surface area contributed by atoms with E-state index in [1.165, 1.54) is 26.1 Å². The molecule has 1 amide bonds. The third-order valence-corrected chi connectivity index (χ3v) is 7.82. The van der Waals surface area contributed by atoms with Crippen molar-refractivity contribution in [2.45, 2.75) is 50.8 Å². The van der Waals surface area contributed by atoms with E-state index >= 15 is 0 Å². The van der Waals surface area contributed by atoms with Gasteiger partial charge in [0.25, 0.3) is 5.91 Å². The first-order valence-electron chi connectivity index (χ1n) is 12.0. The van der Waals surface area contributed by atoms with Gasteiger partial charge in [0, 0.05) is 18.7 Å². The van der Waals surface area contributed by atoms with Gasteiger partial charge in [-0.3, -0.25) is 9.59 Å². The molecule has 0 radical (unpaired) electrons. The van der Waals surface area contributed by atoms with Gasteiger partial charge < -0.3 is 24.5 Å². The van der Waals surface area contributed by atoms with Crippen molar-refractivity contribution in [1.82, 2.24) is 9.88 Å². The predicted octanol–water partition coefficient (Wildman–Crippen LogP) is 2.69. The summed E-state index contributed by atoms with van der Waals surface area (Å²) >= 11 is 0. The minimum Gasteiger partial charge on any atom is -0.483 e. The molecule has 2 heterocycles. The number of fused-ring (bicyclic) bond motifs is 3. The quantitative estimate of drug-likeness (QED) is 0.634. The van der Waals surface area contributed by atoms with Crippen LogP contribution in [0.5, 0.6) is 5.75 Å². The van der Waals surface area contributed by atoms with Crippen LogP contribution in [-0.4, -0.2) is 41.3 Å². The average molecular weight is 467 g/mol. The van der Waals surface area contributed by atoms with E-state index in [2.05, 4.69) is 5.32 Å². The summed E-state index contributed by atoms with van der Waals surface area (Å²) in [5.74, 6) is -0.661. The van der Waals surface area contributed by atoms with Crippen molar-refractivity contribution in [2.75, 3.05) is 13.7 Å². The summed E-state index contributed by atoms with van der Waals surface area (Å²) < 4.78 is 12.5. The molecule has 1 aliphatic heterocycles. The lowest BCUT2D eigenvalue weighted by Gasteiger charge is -2.35. The van der Waals surface area contributed by atoms with Gasteiger partial charge in [0.1, 0.15) is 12.2 Å². The van der Waals surface area contributed by atoms with E-state index in [9.17, 15) is 19.5 Å². The van der Waals surface area contributed by atoms with Crippen molar-refractivity contribution < 1.29 is 24.2 Å². The topological polar surface area (TPSA) is 107 Å². The zero-order valence-corrected chi connectivity index (χ0v) is 19.2. The van der Waals surface area contributed by atoms with Crippen LogP contribution in [0, 0.1) is 17.8 Å². The van der Waals surface area contributed by atoms with Crippen LogP contribution < -0.4 is 15.5 Å². The molecular formula is C26H30N2O6. The number of nitrogens with zero attached hydrogens (tertiary/aromatic N) is 1. The summed E-state index contributed by atoms with van der Waals surface area (Å²) in [6.07, 6.45) is 6.83. The zero-order chi connectivity index (χ0) is 23.8. The van der Waals surface area contributed by atoms with Crippen LogP contribution in [0.3, 0.4) is 0 Å². The van der Waals surface area contributed by atoms with Crippen molar-refractivity contribution in [2.24, 2.45) is 17.8 Å². The van der Waals surface area contributed by atoms with Gasteiger partial charge in [0.15, 0.2) is 11.4 Å². The number of rotatable bonds is 6. The van der Waals surface area contributed by atoms with Crippen LogP contribution >= 0.6 is 0 Å². The third kappa shape index (κ3) is 3.79. The molecule has 2 aromatic rings. The van der Waals surface area contributed by atoms with Crippen molar-refractivity contribution in [3.63, 3.8) is 0 Å². The van der Waals surface area contributed by atoms with Gasteiger partial charge >= 0.3 is 5.97 Å². The Labute approximate surface area is 197 Å². The smallest absolute Gasteiger partial charge is 0.343 e. The lowest BCUT2D eigenvalue weighted by atomic mass is 9.82. The minimum absolute atomic E-state index is 0.0302. The number of methoxy groups -OCH3 is 1. The lowest BCUT2D eigenvalue weighted by Crippen LogP contribution is -2.48. The van der Waals surface area contributed by atoms with E-state index in [1.807, 2.05) is 30.3 Å². The Kier molecular flexibility index (Phi) is 6.16. The molecule has 2 N–H and O–H groups in total. The second kappa shape index (κ2) is 9.25. The molecule has 1 aromatic carbocycles. The molecule has 8 nitrogen and oxygen atoms in total. The molecule has 8 heteroatoms. The maximum Gasteiger partial charge on any atom is 0.343 e. The molecule has 0 bridgehead atoms. The highest BCUT2D eigenvalue weighted by Gasteiger charge is 2.51. The molecule has 2 fully saturated rings. The van der Waals surface area contributed by atoms with E-state index in [-0.39, 0.29) is 54.1 Å². The Bertz CT molecular complexity index is 1140. The predicted molar refractivity (Wildman–Crippen MR) is 124 cm³/mol. The van der Waals surface area contributed by atoms with Crippen LogP contribution in [-0.2, 0) is 11.3 Å². The van der Waals surface area contributed by atoms with Crippen molar-refractivity contribution in [1.29, 1.82) is 0 Å². The van der Waals surface area contributed by atoms with Crippen LogP contribution in [0.2, 0.25) is 0 Å². The van der Waals surface area contributed by atoms with E-state index in [0.717, 1.165) is 24.8 Å². The molecule has 2 aliphatic carbocycles. The minimum atomic E-state index is -0.779. The van der Waals surface area contributed by atoms with E-state index in [4.69, 9.17) is 9.47 Å². The molecule has 34 heavy (non-hydrogen) atoms. The molecule has 2 saturated carbocycles. The molecule has 0 spiro atoms. The van der Waals surface area contributed by atoms with Crippen molar-refractivity contribution >= 4 is 11.9 Å². The molecule has 180 valence electrons. The molecule has 3 aliphatic rings. The van der Waals surface area contributed by atoms with E-state index in [0.29, 0.717) is 5.92 Å². The standard InChI is InChI=1S/C26H30N2O6/c1-33-26(32)18-12-28-21-19(13-29)17(16-9-5-6-10-16)11-20(21)27-25(31)22(28)24(23(18)30)34-14-15-7-3-2-4-8-15/h2-4,7-8,12,16-17,19-21,29H,5-6,9-11,13-14H2,1H3,(H,27,31)/t17?,19-,20-,21+/m1/s1. The van der Waals surface area contributed by atoms with E-state index in [1.54, 1.807) is 4.57 Å². The van der Waals surface area contributed by atoms with Crippen LogP contribution in [0.1, 0.15) is 64.6 Å². The maximum atomic E-state index is 13.3. The SMILES string of the molecule is COC(=O)c1cn2c(c(OCc3ccccc3)c1=O)C(=O)N[C@@H]1CC(C3CCCC3)[C@@H](CO)[C@@H]12. The second-order valence-electron chi connectivity index (χ2n) is 9.58. The fourth-order valence-electron chi connectivity index (χ4n) is 6.30. The van der Waals surface area contributed by atoms with E-state index < -0.39 is 17.3 Å². The number of pyridine rings is 1. The molecular weight excluding hydrogens is 436 g/mol. The monoisotopic (exact) mass is 466 g/mol. The summed E-state index contributed by atoms with van der Waals surface area (Å²) in [5.41, 5.74) is 0.0752. The van der Waals surface area contributed by atoms with Gasteiger partial charge in [0.2, 0.25) is 5.43 Å². The number of aliphatic hydroxyl groups is 1. The first-order valence-corrected chi connectivity index (χ1v) is 12.0. The van der Waals surface area contributed by atoms with Gasteiger partial charge in [0.05, 0.1) is 19.2 Å². The Morgan fingerprint density at radius 2 is 1.91 bits per heavy atom. The van der Waals surface area contributed by atoms with Crippen molar-refractivity contribution in [3.05, 3.63) is 63.6 Å². The molecule has 1 aromatic heterocycles. The summed E-state index contributed by atoms with van der Waals surface area (Å²) in [6, 6.07) is 8.85. The number of esters is 1. The van der Waals surface area contributed by atoms with Crippen LogP contribution in [0.25, 0.3) is 0 Å². The maximum absolute atomic E-state index is 13.3. The zero-order valence-electron chi connectivity index (χ0n) is 19.2. The highest BCUT2D eigenvalue weighted by molar-refractivity contribution is 5.98. The van der Waals surface area contributed by atoms with Crippen LogP contribution in [0.15, 0.2) is 41.3 Å². The molecule has 4 atom stereocenters. The number of carbonyl (C=O) groups is 2. The fraction of sp³-hybridized carbons (Fsp3) is 0.500. The first-order chi connectivity index (χ1) is 16.5. The summed E-state index contributed by atoms with van der Waals surface area (Å²) in [4.78, 5) is 39.0. The normalized spacial score (nSPS) is 26.0. The summed E-state index contributed by atoms with van der Waals surface area (Å²) in [6.45, 7) is 0.0424. The van der Waals surface area contributed by atoms with Gasteiger partial charge in [-0.15, -0.1) is 0 Å². The number of hydrogen-bond donors (Lipinski definition) is 2. The number of benzene rings is 1. The fourth-order valence-corrected chi connectivity index (χ4v) is 6.30. The summed E-state index contributed by atoms with van der Waals surface area (Å²) in [5, 5.41) is 13.5. The second-order valence-corrected chi connectivity index (χ2v) is 9.58. The number of ether oxygens (including phenoxy) is 2. The Balaban J connectivity index is 1.60. The number of nitrogens with one attached hydrogen (secondary N) is 1. The number of hydrogen-bond acceptors (Lipinski definition) is 6. The van der Waals surface area contributed by atoms with Gasteiger partial charge in [-0.1, -0.05) is 56.0 Å². The lowest BCUT2D eigenvalue weighted by molar-refractivity contribution is 0.0593. The summed E-state index contributed by atoms with van der Waals surface area (Å²) in [7, 11) is 1.22. The molecule has 0 saturated heterocycles. The van der Waals surface area contributed by atoms with Crippen molar-refractivity contribution in [3.8, 4) is 5.75 Å². The highest BCUT2D eigenvalue weighted by atomic mass is 16.5. The van der Waals surface area contributed by atoms with Gasteiger partial charge in [-0.05, 0) is 23.8 Å². The highest BCUT2D eigenvalue weighted by Crippen LogP contribution is 2.50. The average Bonchev–Trinajstić information content (AvgIpc) is 3.51. The Hall–Kier alpha value is -3.13. The number of carbonyl (C=O) groups excluding carboxylic acids is 2. The number of aromatic nitrogens is 1. The third-order valence-electron chi connectivity index (χ3n) is 7.82. The largest absolute Gasteiger partial charge is 0.483 e. The Morgan fingerprint density at radius 1 is 1.18 bits per heavy atom. The van der Waals surface area contributed by atoms with Crippen LogP contribution in [0.4, 0.5) is 0 Å². The Morgan fingerprint density at radius 3 is 2.59 bits per heavy atom. The molecule has 1 unspecified atom stereocenters. The number of amides is 1. The number of aliphatic hydroxyl groups excluding tert-OH is 1.